The van der Waals surface area contributed by atoms with Gasteiger partial charge in [-0.15, -0.1) is 10.2 Å². The quantitative estimate of drug-likeness (QED) is 0.225. The topological polar surface area (TPSA) is 81.2 Å². The molecular weight excluding hydrogens is 466 g/mol. The fraction of sp³-hybridized carbons (Fsp3) is 0.304. The number of amides is 1. The zero-order valence-electron chi connectivity index (χ0n) is 17.8. The Bertz CT molecular complexity index is 1040. The van der Waals surface area contributed by atoms with Gasteiger partial charge in [0.05, 0.1) is 7.11 Å². The minimum absolute atomic E-state index is 0.304. The number of benzene rings is 2. The van der Waals surface area contributed by atoms with Gasteiger partial charge in [-0.05, 0) is 54.7 Å². The standard InChI is InChI=1S/C23H24ClN3O3S2/c1-3-4-5-15-6-8-16(9-7-15)14-19(21(29)30-2)31-23-27-26-22(32-23)25-20(28)17-10-12-18(24)13-11-17/h6-13,19H,3-5,14H2,1-2H3,(H,25,26,28)/t19-/m1/s1. The first-order valence-corrected chi connectivity index (χ1v) is 12.3. The maximum Gasteiger partial charge on any atom is 0.319 e. The maximum atomic E-state index is 12.4. The predicted molar refractivity (Wildman–Crippen MR) is 130 cm³/mol. The van der Waals surface area contributed by atoms with Crippen LogP contribution < -0.4 is 5.32 Å². The molecule has 1 N–H and O–H groups in total. The van der Waals surface area contributed by atoms with E-state index in [4.69, 9.17) is 16.3 Å². The molecule has 3 rings (SSSR count). The number of ether oxygens (including phenoxy) is 1. The molecule has 0 saturated heterocycles. The van der Waals surface area contributed by atoms with Gasteiger partial charge in [-0.3, -0.25) is 14.9 Å². The molecule has 0 aliphatic heterocycles. The molecule has 2 aromatic carbocycles. The number of methoxy groups -OCH3 is 1. The fourth-order valence-corrected chi connectivity index (χ4v) is 5.12. The highest BCUT2D eigenvalue weighted by molar-refractivity contribution is 8.02. The van der Waals surface area contributed by atoms with Crippen LogP contribution in [0.25, 0.3) is 0 Å². The number of hydrogen-bond acceptors (Lipinski definition) is 7. The minimum atomic E-state index is -0.464. The number of hydrogen-bond donors (Lipinski definition) is 1. The molecule has 0 unspecified atom stereocenters. The van der Waals surface area contributed by atoms with Crippen molar-refractivity contribution in [3.63, 3.8) is 0 Å². The third kappa shape index (κ3) is 7.05. The zero-order chi connectivity index (χ0) is 22.9. The molecule has 0 fully saturated rings. The molecule has 1 atom stereocenters. The number of aromatic nitrogens is 2. The molecule has 168 valence electrons. The minimum Gasteiger partial charge on any atom is -0.468 e. The summed E-state index contributed by atoms with van der Waals surface area (Å²) in [7, 11) is 1.38. The molecule has 0 saturated carbocycles. The Kier molecular flexibility index (Phi) is 9.08. The molecule has 32 heavy (non-hydrogen) atoms. The van der Waals surface area contributed by atoms with Crippen LogP contribution in [0.5, 0.6) is 0 Å². The van der Waals surface area contributed by atoms with Crippen molar-refractivity contribution < 1.29 is 14.3 Å². The van der Waals surface area contributed by atoms with Crippen molar-refractivity contribution in [2.75, 3.05) is 12.4 Å². The summed E-state index contributed by atoms with van der Waals surface area (Å²) in [5, 5.41) is 11.3. The lowest BCUT2D eigenvalue weighted by atomic mass is 10.0. The summed E-state index contributed by atoms with van der Waals surface area (Å²) in [6.07, 6.45) is 3.89. The lowest BCUT2D eigenvalue weighted by molar-refractivity contribution is -0.139. The monoisotopic (exact) mass is 489 g/mol. The Hall–Kier alpha value is -2.42. The Morgan fingerprint density at radius 3 is 2.44 bits per heavy atom. The van der Waals surface area contributed by atoms with E-state index < -0.39 is 5.25 Å². The van der Waals surface area contributed by atoms with Gasteiger partial charge in [0.15, 0.2) is 4.34 Å². The zero-order valence-corrected chi connectivity index (χ0v) is 20.2. The second-order valence-electron chi connectivity index (χ2n) is 7.09. The molecule has 6 nitrogen and oxygen atoms in total. The van der Waals surface area contributed by atoms with Gasteiger partial charge in [-0.25, -0.2) is 0 Å². The number of thioether (sulfide) groups is 1. The number of nitrogens with zero attached hydrogens (tertiary/aromatic N) is 2. The van der Waals surface area contributed by atoms with E-state index in [0.717, 1.165) is 24.8 Å². The number of aryl methyl sites for hydroxylation is 1. The third-order valence-electron chi connectivity index (χ3n) is 4.70. The van der Waals surface area contributed by atoms with E-state index >= 15 is 0 Å². The molecular formula is C23H24ClN3O3S2. The molecule has 0 spiro atoms. The van der Waals surface area contributed by atoms with Crippen molar-refractivity contribution in [1.29, 1.82) is 0 Å². The molecule has 0 aliphatic carbocycles. The number of halogens is 1. The molecule has 3 aromatic rings. The first-order chi connectivity index (χ1) is 15.5. The highest BCUT2D eigenvalue weighted by atomic mass is 35.5. The van der Waals surface area contributed by atoms with Gasteiger partial charge in [0.25, 0.3) is 5.91 Å². The molecule has 1 heterocycles. The summed E-state index contributed by atoms with van der Waals surface area (Å²) in [6, 6.07) is 14.9. The van der Waals surface area contributed by atoms with E-state index in [-0.39, 0.29) is 11.9 Å². The van der Waals surface area contributed by atoms with Crippen LogP contribution in [0.1, 0.15) is 41.3 Å². The number of carbonyl (C=O) groups is 2. The summed E-state index contributed by atoms with van der Waals surface area (Å²) in [5.74, 6) is -0.631. The van der Waals surface area contributed by atoms with Gasteiger partial charge < -0.3 is 4.74 Å². The Morgan fingerprint density at radius 2 is 1.78 bits per heavy atom. The lowest BCUT2D eigenvalue weighted by Gasteiger charge is -2.13. The fourth-order valence-electron chi connectivity index (χ4n) is 2.94. The van der Waals surface area contributed by atoms with E-state index in [1.54, 1.807) is 24.3 Å². The number of unbranched alkanes of at least 4 members (excludes halogenated alkanes) is 1. The molecule has 1 amide bonds. The highest BCUT2D eigenvalue weighted by Crippen LogP contribution is 2.31. The van der Waals surface area contributed by atoms with Crippen molar-refractivity contribution in [3.8, 4) is 0 Å². The Balaban J connectivity index is 1.63. The number of nitrogens with one attached hydrogen (secondary N) is 1. The summed E-state index contributed by atoms with van der Waals surface area (Å²) < 4.78 is 5.56. The summed E-state index contributed by atoms with van der Waals surface area (Å²) in [6.45, 7) is 2.18. The van der Waals surface area contributed by atoms with Crippen molar-refractivity contribution >= 4 is 51.7 Å². The first kappa shape index (κ1) is 24.2. The second kappa shape index (κ2) is 12.0. The van der Waals surface area contributed by atoms with Gasteiger partial charge in [-0.2, -0.15) is 0 Å². The van der Waals surface area contributed by atoms with E-state index in [9.17, 15) is 9.59 Å². The number of esters is 1. The Labute approximate surface area is 200 Å². The maximum absolute atomic E-state index is 12.4. The van der Waals surface area contributed by atoms with Gasteiger partial charge in [-0.1, -0.05) is 72.3 Å². The SMILES string of the molecule is CCCCc1ccc(C[C@@H](Sc2nnc(NC(=O)c3ccc(Cl)cc3)s2)C(=O)OC)cc1. The second-order valence-corrected chi connectivity index (χ2v) is 9.95. The largest absolute Gasteiger partial charge is 0.468 e. The summed E-state index contributed by atoms with van der Waals surface area (Å²) >= 11 is 8.35. The number of rotatable bonds is 10. The lowest BCUT2D eigenvalue weighted by Crippen LogP contribution is -2.21. The average Bonchev–Trinajstić information content (AvgIpc) is 3.24. The molecule has 0 aliphatic rings. The summed E-state index contributed by atoms with van der Waals surface area (Å²) in [5.41, 5.74) is 2.81. The van der Waals surface area contributed by atoms with Crippen LogP contribution >= 0.6 is 34.7 Å². The number of anilines is 1. The van der Waals surface area contributed by atoms with Crippen LogP contribution in [0.15, 0.2) is 52.9 Å². The van der Waals surface area contributed by atoms with Gasteiger partial charge in [0.2, 0.25) is 5.13 Å². The highest BCUT2D eigenvalue weighted by Gasteiger charge is 2.23. The van der Waals surface area contributed by atoms with Crippen LogP contribution in [0.4, 0.5) is 5.13 Å². The number of carbonyl (C=O) groups excluding carboxylic acids is 2. The van der Waals surface area contributed by atoms with Crippen LogP contribution in [0.2, 0.25) is 5.02 Å². The van der Waals surface area contributed by atoms with E-state index in [1.807, 2.05) is 0 Å². The summed E-state index contributed by atoms with van der Waals surface area (Å²) in [4.78, 5) is 24.7. The van der Waals surface area contributed by atoms with Crippen molar-refractivity contribution in [2.45, 2.75) is 42.2 Å². The van der Waals surface area contributed by atoms with Crippen LogP contribution in [0, 0.1) is 0 Å². The molecule has 0 radical (unpaired) electrons. The molecule has 1 aromatic heterocycles. The van der Waals surface area contributed by atoms with Gasteiger partial charge in [0.1, 0.15) is 5.25 Å². The molecule has 0 bridgehead atoms. The van der Waals surface area contributed by atoms with E-state index in [0.29, 0.717) is 26.5 Å². The predicted octanol–water partition coefficient (Wildman–Crippen LogP) is 5.66. The van der Waals surface area contributed by atoms with E-state index in [2.05, 4.69) is 46.7 Å². The normalized spacial score (nSPS) is 11.7. The van der Waals surface area contributed by atoms with Crippen molar-refractivity contribution in [2.24, 2.45) is 0 Å². The van der Waals surface area contributed by atoms with E-state index in [1.165, 1.54) is 35.8 Å². The first-order valence-electron chi connectivity index (χ1n) is 10.2. The smallest absolute Gasteiger partial charge is 0.319 e. The van der Waals surface area contributed by atoms with Crippen LogP contribution in [0.3, 0.4) is 0 Å². The van der Waals surface area contributed by atoms with Crippen LogP contribution in [-0.4, -0.2) is 34.4 Å². The van der Waals surface area contributed by atoms with Gasteiger partial charge in [0, 0.05) is 10.6 Å². The Morgan fingerprint density at radius 1 is 1.09 bits per heavy atom. The van der Waals surface area contributed by atoms with Crippen LogP contribution in [-0.2, 0) is 22.4 Å². The molecule has 9 heteroatoms. The van der Waals surface area contributed by atoms with Gasteiger partial charge >= 0.3 is 5.97 Å². The average molecular weight is 490 g/mol. The van der Waals surface area contributed by atoms with Crippen molar-refractivity contribution in [3.05, 3.63) is 70.2 Å². The van der Waals surface area contributed by atoms with Crippen molar-refractivity contribution in [1.82, 2.24) is 10.2 Å². The third-order valence-corrected chi connectivity index (χ3v) is 7.05.